The standard InChI is InChI=1S/C10H8F2N4S/c11-7-2-1-6(3-8(7)12)9-4-14-15-16(9)5-10(13)17/h1-4H,5H2,(H2,13,17). The van der Waals surface area contributed by atoms with E-state index in [-0.39, 0.29) is 11.5 Å². The van der Waals surface area contributed by atoms with Gasteiger partial charge in [0.2, 0.25) is 0 Å². The highest BCUT2D eigenvalue weighted by molar-refractivity contribution is 7.80. The molecule has 0 unspecified atom stereocenters. The van der Waals surface area contributed by atoms with Crippen molar-refractivity contribution in [2.45, 2.75) is 6.54 Å². The largest absolute Gasteiger partial charge is 0.392 e. The minimum atomic E-state index is -0.925. The molecule has 88 valence electrons. The van der Waals surface area contributed by atoms with Crippen LogP contribution in [0, 0.1) is 11.6 Å². The summed E-state index contributed by atoms with van der Waals surface area (Å²) in [5.41, 5.74) is 6.38. The van der Waals surface area contributed by atoms with E-state index < -0.39 is 11.6 Å². The van der Waals surface area contributed by atoms with Crippen molar-refractivity contribution in [2.75, 3.05) is 0 Å². The van der Waals surface area contributed by atoms with Crippen molar-refractivity contribution in [3.8, 4) is 11.3 Å². The first-order valence-electron chi connectivity index (χ1n) is 4.70. The van der Waals surface area contributed by atoms with Gasteiger partial charge in [-0.3, -0.25) is 0 Å². The van der Waals surface area contributed by atoms with Crippen LogP contribution in [0.1, 0.15) is 0 Å². The smallest absolute Gasteiger partial charge is 0.159 e. The van der Waals surface area contributed by atoms with Gasteiger partial charge in [-0.05, 0) is 18.2 Å². The first-order chi connectivity index (χ1) is 8.08. The zero-order valence-corrected chi connectivity index (χ0v) is 9.42. The summed E-state index contributed by atoms with van der Waals surface area (Å²) in [4.78, 5) is 0.235. The van der Waals surface area contributed by atoms with E-state index in [2.05, 4.69) is 10.3 Å². The zero-order chi connectivity index (χ0) is 12.4. The Morgan fingerprint density at radius 3 is 2.76 bits per heavy atom. The van der Waals surface area contributed by atoms with Crippen molar-refractivity contribution in [1.29, 1.82) is 0 Å². The molecule has 0 radical (unpaired) electrons. The van der Waals surface area contributed by atoms with E-state index >= 15 is 0 Å². The van der Waals surface area contributed by atoms with Crippen molar-refractivity contribution in [3.63, 3.8) is 0 Å². The maximum atomic E-state index is 13.1. The fourth-order valence-electron chi connectivity index (χ4n) is 1.40. The SMILES string of the molecule is NC(=S)Cn1nncc1-c1ccc(F)c(F)c1. The Labute approximate surface area is 101 Å². The Bertz CT molecular complexity index is 567. The number of benzene rings is 1. The maximum absolute atomic E-state index is 13.1. The molecule has 0 aliphatic rings. The van der Waals surface area contributed by atoms with Crippen LogP contribution in [0.2, 0.25) is 0 Å². The molecule has 2 N–H and O–H groups in total. The average Bonchev–Trinajstić information content (AvgIpc) is 2.69. The van der Waals surface area contributed by atoms with Crippen LogP contribution in [0.3, 0.4) is 0 Å². The minimum absolute atomic E-state index is 0.198. The van der Waals surface area contributed by atoms with Gasteiger partial charge in [-0.15, -0.1) is 5.10 Å². The van der Waals surface area contributed by atoms with E-state index in [1.807, 2.05) is 0 Å². The molecule has 0 fully saturated rings. The molecule has 2 rings (SSSR count). The quantitative estimate of drug-likeness (QED) is 0.843. The van der Waals surface area contributed by atoms with Crippen LogP contribution in [-0.4, -0.2) is 20.0 Å². The molecule has 2 aromatic rings. The Morgan fingerprint density at radius 1 is 1.35 bits per heavy atom. The summed E-state index contributed by atoms with van der Waals surface area (Å²) in [6.07, 6.45) is 1.44. The molecule has 4 nitrogen and oxygen atoms in total. The Morgan fingerprint density at radius 2 is 2.12 bits per heavy atom. The van der Waals surface area contributed by atoms with Gasteiger partial charge in [0.15, 0.2) is 11.6 Å². The third-order valence-corrected chi connectivity index (χ3v) is 2.27. The normalized spacial score (nSPS) is 10.5. The predicted molar refractivity (Wildman–Crippen MR) is 62.2 cm³/mol. The lowest BCUT2D eigenvalue weighted by atomic mass is 10.1. The first kappa shape index (κ1) is 11.6. The zero-order valence-electron chi connectivity index (χ0n) is 8.60. The van der Waals surface area contributed by atoms with Crippen LogP contribution in [0.4, 0.5) is 8.78 Å². The molecule has 0 bridgehead atoms. The highest BCUT2D eigenvalue weighted by atomic mass is 32.1. The number of aromatic nitrogens is 3. The summed E-state index contributed by atoms with van der Waals surface area (Å²) < 4.78 is 27.3. The second-order valence-electron chi connectivity index (χ2n) is 3.37. The number of thiocarbonyl (C=S) groups is 1. The third-order valence-electron chi connectivity index (χ3n) is 2.14. The van der Waals surface area contributed by atoms with E-state index in [0.29, 0.717) is 11.3 Å². The van der Waals surface area contributed by atoms with E-state index in [1.165, 1.54) is 16.9 Å². The minimum Gasteiger partial charge on any atom is -0.392 e. The molecule has 7 heteroatoms. The van der Waals surface area contributed by atoms with E-state index in [1.54, 1.807) is 0 Å². The molecule has 0 atom stereocenters. The molecule has 17 heavy (non-hydrogen) atoms. The maximum Gasteiger partial charge on any atom is 0.159 e. The lowest BCUT2D eigenvalue weighted by Gasteiger charge is -2.05. The molecular weight excluding hydrogens is 246 g/mol. The van der Waals surface area contributed by atoms with Crippen LogP contribution in [0.5, 0.6) is 0 Å². The molecule has 0 aliphatic heterocycles. The molecule has 0 saturated heterocycles. The van der Waals surface area contributed by atoms with Gasteiger partial charge < -0.3 is 5.73 Å². The van der Waals surface area contributed by atoms with Crippen LogP contribution in [0.15, 0.2) is 24.4 Å². The predicted octanol–water partition coefficient (Wildman–Crippen LogP) is 1.51. The van der Waals surface area contributed by atoms with Crippen molar-refractivity contribution in [2.24, 2.45) is 5.73 Å². The Hall–Kier alpha value is -1.89. The molecule has 1 aromatic carbocycles. The van der Waals surface area contributed by atoms with Gasteiger partial charge in [0.05, 0.1) is 23.4 Å². The van der Waals surface area contributed by atoms with Crippen LogP contribution in [-0.2, 0) is 6.54 Å². The van der Waals surface area contributed by atoms with Crippen LogP contribution in [0.25, 0.3) is 11.3 Å². The van der Waals surface area contributed by atoms with Gasteiger partial charge >= 0.3 is 0 Å². The van der Waals surface area contributed by atoms with Gasteiger partial charge in [0.1, 0.15) is 0 Å². The second-order valence-corrected chi connectivity index (χ2v) is 3.90. The molecule has 0 saturated carbocycles. The van der Waals surface area contributed by atoms with Gasteiger partial charge in [-0.2, -0.15) is 0 Å². The van der Waals surface area contributed by atoms with E-state index in [0.717, 1.165) is 12.1 Å². The number of hydrogen-bond donors (Lipinski definition) is 1. The average molecular weight is 254 g/mol. The summed E-state index contributed by atoms with van der Waals surface area (Å²) >= 11 is 4.75. The van der Waals surface area contributed by atoms with Gasteiger partial charge in [-0.1, -0.05) is 17.4 Å². The summed E-state index contributed by atoms with van der Waals surface area (Å²) in [5.74, 6) is -1.83. The first-order valence-corrected chi connectivity index (χ1v) is 5.11. The summed E-state index contributed by atoms with van der Waals surface area (Å²) in [7, 11) is 0. The number of rotatable bonds is 3. The molecule has 0 aliphatic carbocycles. The second kappa shape index (κ2) is 4.54. The van der Waals surface area contributed by atoms with Crippen molar-refractivity contribution in [3.05, 3.63) is 36.0 Å². The molecule has 0 spiro atoms. The third kappa shape index (κ3) is 2.44. The number of nitrogens with two attached hydrogens (primary N) is 1. The molecule has 1 aromatic heterocycles. The Balaban J connectivity index is 2.42. The van der Waals surface area contributed by atoms with Gasteiger partial charge in [0.25, 0.3) is 0 Å². The topological polar surface area (TPSA) is 56.7 Å². The van der Waals surface area contributed by atoms with E-state index in [4.69, 9.17) is 18.0 Å². The highest BCUT2D eigenvalue weighted by Crippen LogP contribution is 2.20. The van der Waals surface area contributed by atoms with Crippen molar-refractivity contribution in [1.82, 2.24) is 15.0 Å². The lowest BCUT2D eigenvalue weighted by Crippen LogP contribution is -2.18. The van der Waals surface area contributed by atoms with Gasteiger partial charge in [0, 0.05) is 5.56 Å². The molecule has 0 amide bonds. The molecule has 1 heterocycles. The fourth-order valence-corrected chi connectivity index (χ4v) is 1.52. The summed E-state index contributed by atoms with van der Waals surface area (Å²) in [6.45, 7) is 0.198. The number of halogens is 2. The summed E-state index contributed by atoms with van der Waals surface area (Å²) in [6, 6.07) is 3.56. The fraction of sp³-hybridized carbons (Fsp3) is 0.100. The van der Waals surface area contributed by atoms with Crippen molar-refractivity contribution >= 4 is 17.2 Å². The molecular formula is C10H8F2N4S. The van der Waals surface area contributed by atoms with Crippen molar-refractivity contribution < 1.29 is 8.78 Å². The highest BCUT2D eigenvalue weighted by Gasteiger charge is 2.10. The number of nitrogens with zero attached hydrogens (tertiary/aromatic N) is 3. The van der Waals surface area contributed by atoms with Crippen LogP contribution >= 0.6 is 12.2 Å². The lowest BCUT2D eigenvalue weighted by molar-refractivity contribution is 0.509. The van der Waals surface area contributed by atoms with Crippen LogP contribution < -0.4 is 5.73 Å². The Kier molecular flexibility index (Phi) is 3.10. The monoisotopic (exact) mass is 254 g/mol. The number of hydrogen-bond acceptors (Lipinski definition) is 3. The van der Waals surface area contributed by atoms with Gasteiger partial charge in [-0.25, -0.2) is 13.5 Å². The van der Waals surface area contributed by atoms with E-state index in [9.17, 15) is 8.78 Å². The summed E-state index contributed by atoms with van der Waals surface area (Å²) in [5, 5.41) is 7.45.